The Balaban J connectivity index is 2.66. The lowest BCUT2D eigenvalue weighted by Crippen LogP contribution is -2.19. The molecule has 2 atom stereocenters. The summed E-state index contributed by atoms with van der Waals surface area (Å²) in [6, 6.07) is 6.84. The second kappa shape index (κ2) is 6.53. The van der Waals surface area contributed by atoms with E-state index in [0.29, 0.717) is 17.9 Å². The average molecular weight is 243 g/mol. The maximum atomic E-state index is 9.66. The van der Waals surface area contributed by atoms with Crippen molar-refractivity contribution in [3.05, 3.63) is 42.5 Å². The molecule has 2 unspecified atom stereocenters. The van der Waals surface area contributed by atoms with Gasteiger partial charge in [0.05, 0.1) is 12.0 Å². The highest BCUT2D eigenvalue weighted by Crippen LogP contribution is 2.20. The minimum Gasteiger partial charge on any atom is -0.490 e. The molecule has 2 N–H and O–H groups in total. The van der Waals surface area contributed by atoms with Gasteiger partial charge in [0, 0.05) is 0 Å². The summed E-state index contributed by atoms with van der Waals surface area (Å²) in [5.74, 6) is 0.687. The van der Waals surface area contributed by atoms with Crippen molar-refractivity contribution in [2.24, 2.45) is 0 Å². The first-order chi connectivity index (χ1) is 7.69. The fourth-order valence-corrected chi connectivity index (χ4v) is 1.39. The van der Waals surface area contributed by atoms with Crippen molar-refractivity contribution < 1.29 is 14.9 Å². The number of aliphatic hydroxyl groups is 2. The van der Waals surface area contributed by atoms with Crippen LogP contribution in [-0.2, 0) is 0 Å². The van der Waals surface area contributed by atoms with Crippen LogP contribution in [0.4, 0.5) is 0 Å². The van der Waals surface area contributed by atoms with Gasteiger partial charge in [-0.1, -0.05) is 24.8 Å². The van der Waals surface area contributed by atoms with Crippen LogP contribution in [-0.4, -0.2) is 28.8 Å². The Hall–Kier alpha value is -1.03. The molecular formula is C12H15ClO3. The largest absolute Gasteiger partial charge is 0.490 e. The zero-order valence-electron chi connectivity index (χ0n) is 8.84. The fourth-order valence-electron chi connectivity index (χ4n) is 1.22. The summed E-state index contributed by atoms with van der Waals surface area (Å²) in [7, 11) is 0. The molecule has 0 aliphatic carbocycles. The molecule has 88 valence electrons. The molecule has 0 bridgehead atoms. The highest BCUT2D eigenvalue weighted by atomic mass is 35.5. The third-order valence-electron chi connectivity index (χ3n) is 2.11. The minimum atomic E-state index is -0.967. The van der Waals surface area contributed by atoms with Crippen LogP contribution in [0.1, 0.15) is 11.7 Å². The van der Waals surface area contributed by atoms with Gasteiger partial charge in [-0.25, -0.2) is 0 Å². The maximum absolute atomic E-state index is 9.66. The Labute approximate surface area is 99.9 Å². The summed E-state index contributed by atoms with van der Waals surface area (Å²) in [6.45, 7) is 3.98. The second-order valence-electron chi connectivity index (χ2n) is 3.34. The van der Waals surface area contributed by atoms with Crippen LogP contribution in [0.3, 0.4) is 0 Å². The van der Waals surface area contributed by atoms with Crippen LogP contribution < -0.4 is 4.74 Å². The monoisotopic (exact) mass is 242 g/mol. The zero-order chi connectivity index (χ0) is 12.0. The molecule has 1 aromatic carbocycles. The Morgan fingerprint density at radius 1 is 1.31 bits per heavy atom. The molecule has 0 spiro atoms. The molecular weight excluding hydrogens is 228 g/mol. The molecule has 3 nitrogen and oxygen atoms in total. The summed E-state index contributed by atoms with van der Waals surface area (Å²) in [5, 5.41) is 19.0. The zero-order valence-corrected chi connectivity index (χ0v) is 9.60. The van der Waals surface area contributed by atoms with E-state index in [1.807, 2.05) is 0 Å². The standard InChI is InChI=1S/C12H15ClO3/c1-2-7-16-10-5-3-9(4-6-10)12(15)11(14)8-13/h2-6,11-12,14-15H,1,7-8H2. The summed E-state index contributed by atoms with van der Waals surface area (Å²) in [6.07, 6.45) is -0.271. The number of alkyl halides is 1. The van der Waals surface area contributed by atoms with Gasteiger partial charge in [0.1, 0.15) is 18.5 Å². The quantitative estimate of drug-likeness (QED) is 0.592. The molecule has 0 amide bonds. The van der Waals surface area contributed by atoms with Crippen molar-refractivity contribution in [2.75, 3.05) is 12.5 Å². The number of halogens is 1. The van der Waals surface area contributed by atoms with Crippen LogP contribution >= 0.6 is 11.6 Å². The highest BCUT2D eigenvalue weighted by Gasteiger charge is 2.16. The third kappa shape index (κ3) is 3.52. The Morgan fingerprint density at radius 2 is 1.94 bits per heavy atom. The molecule has 0 aromatic heterocycles. The van der Waals surface area contributed by atoms with E-state index < -0.39 is 12.2 Å². The van der Waals surface area contributed by atoms with Crippen LogP contribution in [0.5, 0.6) is 5.75 Å². The molecule has 1 rings (SSSR count). The molecule has 0 fully saturated rings. The topological polar surface area (TPSA) is 49.7 Å². The molecule has 0 aliphatic rings. The van der Waals surface area contributed by atoms with Gasteiger partial charge in [-0.15, -0.1) is 11.6 Å². The first kappa shape index (κ1) is 13.0. The normalized spacial score (nSPS) is 14.2. The molecule has 4 heteroatoms. The van der Waals surface area contributed by atoms with Gasteiger partial charge in [-0.3, -0.25) is 0 Å². The SMILES string of the molecule is C=CCOc1ccc(C(O)C(O)CCl)cc1. The maximum Gasteiger partial charge on any atom is 0.119 e. The molecule has 0 heterocycles. The second-order valence-corrected chi connectivity index (χ2v) is 3.64. The van der Waals surface area contributed by atoms with E-state index in [9.17, 15) is 10.2 Å². The van der Waals surface area contributed by atoms with Crippen molar-refractivity contribution in [3.8, 4) is 5.75 Å². The highest BCUT2D eigenvalue weighted by molar-refractivity contribution is 6.18. The van der Waals surface area contributed by atoms with Crippen LogP contribution in [0.15, 0.2) is 36.9 Å². The van der Waals surface area contributed by atoms with Crippen LogP contribution in [0.2, 0.25) is 0 Å². The predicted octanol–water partition coefficient (Wildman–Crippen LogP) is 1.88. The Bertz CT molecular complexity index is 324. The van der Waals surface area contributed by atoms with Gasteiger partial charge in [0.25, 0.3) is 0 Å². The van der Waals surface area contributed by atoms with Gasteiger partial charge in [0.15, 0.2) is 0 Å². The van der Waals surface area contributed by atoms with E-state index in [-0.39, 0.29) is 5.88 Å². The number of hydrogen-bond donors (Lipinski definition) is 2. The van der Waals surface area contributed by atoms with E-state index in [4.69, 9.17) is 16.3 Å². The minimum absolute atomic E-state index is 0.00409. The van der Waals surface area contributed by atoms with Gasteiger partial charge < -0.3 is 14.9 Å². The van der Waals surface area contributed by atoms with Crippen LogP contribution in [0, 0.1) is 0 Å². The van der Waals surface area contributed by atoms with Crippen molar-refractivity contribution in [1.29, 1.82) is 0 Å². The number of ether oxygens (including phenoxy) is 1. The third-order valence-corrected chi connectivity index (χ3v) is 2.43. The van der Waals surface area contributed by atoms with E-state index in [1.54, 1.807) is 30.3 Å². The molecule has 0 radical (unpaired) electrons. The van der Waals surface area contributed by atoms with Gasteiger partial charge in [-0.05, 0) is 17.7 Å². The van der Waals surface area contributed by atoms with Gasteiger partial charge in [0.2, 0.25) is 0 Å². The van der Waals surface area contributed by atoms with Crippen molar-refractivity contribution >= 4 is 11.6 Å². The first-order valence-electron chi connectivity index (χ1n) is 4.94. The smallest absolute Gasteiger partial charge is 0.119 e. The van der Waals surface area contributed by atoms with Crippen LogP contribution in [0.25, 0.3) is 0 Å². The molecule has 0 aliphatic heterocycles. The van der Waals surface area contributed by atoms with Gasteiger partial charge in [-0.2, -0.15) is 0 Å². The number of benzene rings is 1. The number of hydrogen-bond acceptors (Lipinski definition) is 3. The van der Waals surface area contributed by atoms with E-state index in [2.05, 4.69) is 6.58 Å². The van der Waals surface area contributed by atoms with Crippen molar-refractivity contribution in [2.45, 2.75) is 12.2 Å². The average Bonchev–Trinajstić information content (AvgIpc) is 2.35. The molecule has 0 saturated heterocycles. The Kier molecular flexibility index (Phi) is 5.32. The lowest BCUT2D eigenvalue weighted by molar-refractivity contribution is 0.0327. The number of aliphatic hydroxyl groups excluding tert-OH is 2. The first-order valence-corrected chi connectivity index (χ1v) is 5.48. The summed E-state index contributed by atoms with van der Waals surface area (Å²) in [5.41, 5.74) is 0.610. The number of rotatable bonds is 6. The van der Waals surface area contributed by atoms with E-state index in [0.717, 1.165) is 0 Å². The molecule has 1 aromatic rings. The van der Waals surface area contributed by atoms with E-state index in [1.165, 1.54) is 0 Å². The Morgan fingerprint density at radius 3 is 2.44 bits per heavy atom. The summed E-state index contributed by atoms with van der Waals surface area (Å²) >= 11 is 5.45. The van der Waals surface area contributed by atoms with Crippen molar-refractivity contribution in [3.63, 3.8) is 0 Å². The lowest BCUT2D eigenvalue weighted by atomic mass is 10.1. The lowest BCUT2D eigenvalue weighted by Gasteiger charge is -2.15. The molecule has 16 heavy (non-hydrogen) atoms. The fraction of sp³-hybridized carbons (Fsp3) is 0.333. The summed E-state index contributed by atoms with van der Waals surface area (Å²) < 4.78 is 5.29. The van der Waals surface area contributed by atoms with Crippen molar-refractivity contribution in [1.82, 2.24) is 0 Å². The molecule has 0 saturated carbocycles. The summed E-state index contributed by atoms with van der Waals surface area (Å²) in [4.78, 5) is 0. The van der Waals surface area contributed by atoms with E-state index >= 15 is 0 Å². The van der Waals surface area contributed by atoms with Gasteiger partial charge >= 0.3 is 0 Å². The predicted molar refractivity (Wildman–Crippen MR) is 63.8 cm³/mol.